The molecule has 1 aliphatic rings. The Morgan fingerprint density at radius 1 is 1.46 bits per heavy atom. The number of alkyl halides is 1. The van der Waals surface area contributed by atoms with Gasteiger partial charge in [0.1, 0.15) is 0 Å². The van der Waals surface area contributed by atoms with Gasteiger partial charge in [0, 0.05) is 10.3 Å². The molecule has 13 heavy (non-hydrogen) atoms. The van der Waals surface area contributed by atoms with Gasteiger partial charge in [-0.05, 0) is 30.1 Å². The molecule has 0 radical (unpaired) electrons. The lowest BCUT2D eigenvalue weighted by atomic mass is 9.63. The third-order valence-electron chi connectivity index (χ3n) is 3.64. The summed E-state index contributed by atoms with van der Waals surface area (Å²) in [6, 6.07) is 2.34. The average Bonchev–Trinajstić information content (AvgIpc) is 2.06. The van der Waals surface area contributed by atoms with Crippen LogP contribution in [0.3, 0.4) is 0 Å². The second-order valence-corrected chi connectivity index (χ2v) is 6.32. The van der Waals surface area contributed by atoms with E-state index in [1.54, 1.807) is 0 Å². The Morgan fingerprint density at radius 3 is 2.62 bits per heavy atom. The molecule has 0 spiro atoms. The molecule has 0 saturated heterocycles. The summed E-state index contributed by atoms with van der Waals surface area (Å²) < 4.78 is 0.736. The summed E-state index contributed by atoms with van der Waals surface area (Å²) in [4.78, 5) is 0. The van der Waals surface area contributed by atoms with E-state index in [9.17, 15) is 0 Å². The fourth-order valence-corrected chi connectivity index (χ4v) is 3.33. The van der Waals surface area contributed by atoms with Gasteiger partial charge in [-0.2, -0.15) is 5.26 Å². The van der Waals surface area contributed by atoms with Crippen LogP contribution >= 0.6 is 22.6 Å². The number of nitriles is 1. The molecule has 0 aromatic rings. The van der Waals surface area contributed by atoms with Gasteiger partial charge in [-0.15, -0.1) is 0 Å². The fraction of sp³-hybridized carbons (Fsp3) is 0.909. The van der Waals surface area contributed by atoms with Gasteiger partial charge in [-0.3, -0.25) is 0 Å². The smallest absolute Gasteiger partial charge is 0.0624 e. The predicted molar refractivity (Wildman–Crippen MR) is 63.7 cm³/mol. The van der Waals surface area contributed by atoms with Gasteiger partial charge in [0.15, 0.2) is 0 Å². The van der Waals surface area contributed by atoms with E-state index >= 15 is 0 Å². The monoisotopic (exact) mass is 291 g/mol. The van der Waals surface area contributed by atoms with Crippen LogP contribution in [0.15, 0.2) is 0 Å². The Kier molecular flexibility index (Phi) is 3.62. The van der Waals surface area contributed by atoms with Gasteiger partial charge in [-0.25, -0.2) is 0 Å². The highest BCUT2D eigenvalue weighted by Gasteiger charge is 2.42. The molecule has 1 rings (SSSR count). The van der Waals surface area contributed by atoms with E-state index in [2.05, 4.69) is 49.4 Å². The van der Waals surface area contributed by atoms with Crippen molar-refractivity contribution in [2.45, 2.75) is 44.0 Å². The van der Waals surface area contributed by atoms with Crippen LogP contribution in [0.2, 0.25) is 0 Å². The van der Waals surface area contributed by atoms with Crippen LogP contribution in [-0.2, 0) is 0 Å². The van der Waals surface area contributed by atoms with Crippen LogP contribution in [0.5, 0.6) is 0 Å². The van der Waals surface area contributed by atoms with Crippen molar-refractivity contribution in [3.05, 3.63) is 0 Å². The van der Waals surface area contributed by atoms with Crippen molar-refractivity contribution < 1.29 is 0 Å². The second-order valence-electron chi connectivity index (χ2n) is 4.81. The second kappa shape index (κ2) is 4.16. The first kappa shape index (κ1) is 11.3. The molecule has 0 heterocycles. The zero-order valence-electron chi connectivity index (χ0n) is 8.68. The molecule has 0 aromatic heterocycles. The standard InChI is InChI=1S/C11H18IN/c1-8-4-5-10(12)11(2,3)9(8)6-7-13/h8-10H,4-6H2,1-3H3/t8?,9-,10+/m1/s1. The maximum atomic E-state index is 8.80. The summed E-state index contributed by atoms with van der Waals surface area (Å²) in [7, 11) is 0. The van der Waals surface area contributed by atoms with Crippen LogP contribution in [-0.4, -0.2) is 3.92 Å². The molecule has 0 aromatic carbocycles. The Balaban J connectivity index is 2.79. The fourth-order valence-electron chi connectivity index (χ4n) is 2.51. The molecule has 1 fully saturated rings. The third kappa shape index (κ3) is 2.18. The van der Waals surface area contributed by atoms with Crippen molar-refractivity contribution in [3.8, 4) is 6.07 Å². The Hall–Kier alpha value is 0.220. The molecule has 0 amide bonds. The molecule has 0 aliphatic heterocycles. The highest BCUT2D eigenvalue weighted by molar-refractivity contribution is 14.1. The lowest BCUT2D eigenvalue weighted by Gasteiger charge is -2.45. The summed E-state index contributed by atoms with van der Waals surface area (Å²) in [6.45, 7) is 6.94. The molecule has 0 N–H and O–H groups in total. The topological polar surface area (TPSA) is 23.8 Å². The molecular formula is C11H18IN. The molecule has 1 saturated carbocycles. The first-order chi connectivity index (χ1) is 6.00. The highest BCUT2D eigenvalue weighted by atomic mass is 127. The highest BCUT2D eigenvalue weighted by Crippen LogP contribution is 2.48. The first-order valence-corrected chi connectivity index (χ1v) is 6.25. The summed E-state index contributed by atoms with van der Waals surface area (Å²) in [5.41, 5.74) is 0.341. The molecule has 1 aliphatic carbocycles. The van der Waals surface area contributed by atoms with E-state index in [0.29, 0.717) is 11.3 Å². The predicted octanol–water partition coefficient (Wildman–Crippen LogP) is 3.78. The summed E-state index contributed by atoms with van der Waals surface area (Å²) >= 11 is 2.55. The normalized spacial score (nSPS) is 38.2. The van der Waals surface area contributed by atoms with E-state index in [4.69, 9.17) is 5.26 Å². The number of hydrogen-bond donors (Lipinski definition) is 0. The molecule has 1 nitrogen and oxygen atoms in total. The molecule has 0 bridgehead atoms. The van der Waals surface area contributed by atoms with E-state index in [1.807, 2.05) is 0 Å². The first-order valence-electron chi connectivity index (χ1n) is 5.01. The third-order valence-corrected chi connectivity index (χ3v) is 5.86. The van der Waals surface area contributed by atoms with Crippen LogP contribution < -0.4 is 0 Å². The lowest BCUT2D eigenvalue weighted by Crippen LogP contribution is -2.41. The minimum atomic E-state index is 0.341. The van der Waals surface area contributed by atoms with Crippen molar-refractivity contribution >= 4 is 22.6 Å². The minimum Gasteiger partial charge on any atom is -0.198 e. The lowest BCUT2D eigenvalue weighted by molar-refractivity contribution is 0.101. The number of rotatable bonds is 1. The summed E-state index contributed by atoms with van der Waals surface area (Å²) in [5.74, 6) is 1.31. The largest absolute Gasteiger partial charge is 0.198 e. The zero-order chi connectivity index (χ0) is 10.1. The van der Waals surface area contributed by atoms with E-state index in [-0.39, 0.29) is 0 Å². The maximum absolute atomic E-state index is 8.80. The van der Waals surface area contributed by atoms with Crippen molar-refractivity contribution in [2.24, 2.45) is 17.3 Å². The SMILES string of the molecule is CC1CC[C@H](I)C(C)(C)[C@@H]1CC#N. The molecule has 74 valence electrons. The van der Waals surface area contributed by atoms with Gasteiger partial charge < -0.3 is 0 Å². The van der Waals surface area contributed by atoms with Crippen molar-refractivity contribution in [3.63, 3.8) is 0 Å². The number of halogens is 1. The van der Waals surface area contributed by atoms with E-state index in [0.717, 1.165) is 16.3 Å². The van der Waals surface area contributed by atoms with Gasteiger partial charge in [0.05, 0.1) is 6.07 Å². The minimum absolute atomic E-state index is 0.341. The van der Waals surface area contributed by atoms with Crippen LogP contribution in [0.4, 0.5) is 0 Å². The summed E-state index contributed by atoms with van der Waals surface area (Å²) in [5, 5.41) is 8.80. The van der Waals surface area contributed by atoms with Crippen molar-refractivity contribution in [1.29, 1.82) is 5.26 Å². The van der Waals surface area contributed by atoms with Crippen LogP contribution in [0.25, 0.3) is 0 Å². The molecule has 2 heteroatoms. The maximum Gasteiger partial charge on any atom is 0.0624 e. The Bertz CT molecular complexity index is 217. The van der Waals surface area contributed by atoms with Crippen LogP contribution in [0.1, 0.15) is 40.0 Å². The van der Waals surface area contributed by atoms with Gasteiger partial charge in [-0.1, -0.05) is 43.4 Å². The zero-order valence-corrected chi connectivity index (χ0v) is 10.8. The Labute approximate surface area is 95.0 Å². The molecule has 3 atom stereocenters. The summed E-state index contributed by atoms with van der Waals surface area (Å²) in [6.07, 6.45) is 3.34. The van der Waals surface area contributed by atoms with Gasteiger partial charge >= 0.3 is 0 Å². The average molecular weight is 291 g/mol. The molecular weight excluding hydrogens is 273 g/mol. The quantitative estimate of drug-likeness (QED) is 0.533. The molecule has 1 unspecified atom stereocenters. The van der Waals surface area contributed by atoms with Crippen molar-refractivity contribution in [2.75, 3.05) is 0 Å². The van der Waals surface area contributed by atoms with E-state index in [1.165, 1.54) is 12.8 Å². The number of nitrogens with zero attached hydrogens (tertiary/aromatic N) is 1. The van der Waals surface area contributed by atoms with Gasteiger partial charge in [0.2, 0.25) is 0 Å². The van der Waals surface area contributed by atoms with Crippen LogP contribution in [0, 0.1) is 28.6 Å². The van der Waals surface area contributed by atoms with E-state index < -0.39 is 0 Å². The van der Waals surface area contributed by atoms with Gasteiger partial charge in [0.25, 0.3) is 0 Å². The Morgan fingerprint density at radius 2 is 2.08 bits per heavy atom. The number of hydrogen-bond acceptors (Lipinski definition) is 1. The van der Waals surface area contributed by atoms with Crippen molar-refractivity contribution in [1.82, 2.24) is 0 Å².